The van der Waals surface area contributed by atoms with E-state index in [1.165, 1.54) is 6.42 Å². The Morgan fingerprint density at radius 2 is 2.38 bits per heavy atom. The lowest BCUT2D eigenvalue weighted by Gasteiger charge is -2.23. The van der Waals surface area contributed by atoms with Crippen molar-refractivity contribution in [1.82, 2.24) is 14.7 Å². The third-order valence-corrected chi connectivity index (χ3v) is 3.75. The lowest BCUT2D eigenvalue weighted by Crippen LogP contribution is -2.32. The number of amides is 1. The quantitative estimate of drug-likeness (QED) is 0.793. The topological polar surface area (TPSA) is 56.6 Å². The van der Waals surface area contributed by atoms with E-state index in [-0.39, 0.29) is 18.6 Å². The first-order valence-electron chi connectivity index (χ1n) is 7.48. The van der Waals surface area contributed by atoms with Crippen molar-refractivity contribution in [3.05, 3.63) is 17.5 Å². The zero-order chi connectivity index (χ0) is 15.2. The van der Waals surface area contributed by atoms with Crippen molar-refractivity contribution in [3.8, 4) is 0 Å². The summed E-state index contributed by atoms with van der Waals surface area (Å²) in [4.78, 5) is 13.7. The number of likely N-dealkylation sites (N-methyl/N-ethyl adjacent to an activating group) is 1. The molecule has 1 aromatic rings. The lowest BCUT2D eigenvalue weighted by atomic mass is 10.1. The molecule has 0 radical (unpaired) electrons. The number of aryl methyl sites for hydroxylation is 2. The molecule has 0 spiro atoms. The van der Waals surface area contributed by atoms with Gasteiger partial charge in [0.05, 0.1) is 18.4 Å². The number of hydrogen-bond donors (Lipinski definition) is 0. The second kappa shape index (κ2) is 7.56. The van der Waals surface area contributed by atoms with E-state index >= 15 is 0 Å². The van der Waals surface area contributed by atoms with Crippen molar-refractivity contribution in [2.75, 3.05) is 26.9 Å². The predicted octanol–water partition coefficient (Wildman–Crippen LogP) is 1.27. The summed E-state index contributed by atoms with van der Waals surface area (Å²) in [5, 5.41) is 4.28. The van der Waals surface area contributed by atoms with Crippen LogP contribution in [-0.2, 0) is 27.9 Å². The van der Waals surface area contributed by atoms with Crippen LogP contribution in [0.15, 0.2) is 6.20 Å². The van der Waals surface area contributed by atoms with Gasteiger partial charge in [-0.25, -0.2) is 0 Å². The molecule has 1 aliphatic rings. The van der Waals surface area contributed by atoms with Gasteiger partial charge in [-0.2, -0.15) is 5.10 Å². The van der Waals surface area contributed by atoms with Crippen LogP contribution >= 0.6 is 0 Å². The molecule has 2 rings (SSSR count). The molecule has 6 nitrogen and oxygen atoms in total. The first-order chi connectivity index (χ1) is 10.1. The van der Waals surface area contributed by atoms with Crippen molar-refractivity contribution in [2.45, 2.75) is 38.8 Å². The van der Waals surface area contributed by atoms with Gasteiger partial charge in [0.1, 0.15) is 6.61 Å². The highest BCUT2D eigenvalue weighted by Gasteiger charge is 2.16. The summed E-state index contributed by atoms with van der Waals surface area (Å²) in [6, 6.07) is 0. The molecule has 0 bridgehead atoms. The van der Waals surface area contributed by atoms with Gasteiger partial charge in [-0.05, 0) is 26.2 Å². The van der Waals surface area contributed by atoms with Crippen LogP contribution in [0.3, 0.4) is 0 Å². The summed E-state index contributed by atoms with van der Waals surface area (Å²) in [6.45, 7) is 3.93. The van der Waals surface area contributed by atoms with Crippen LogP contribution in [0.2, 0.25) is 0 Å². The van der Waals surface area contributed by atoms with E-state index in [0.717, 1.165) is 30.7 Å². The number of ether oxygens (including phenoxy) is 2. The Morgan fingerprint density at radius 1 is 1.57 bits per heavy atom. The van der Waals surface area contributed by atoms with Gasteiger partial charge >= 0.3 is 0 Å². The van der Waals surface area contributed by atoms with E-state index in [1.807, 2.05) is 20.2 Å². The molecule has 6 heteroatoms. The maximum absolute atomic E-state index is 12.0. The molecule has 1 aliphatic heterocycles. The molecule has 0 unspecified atom stereocenters. The molecular formula is C15H25N3O3. The summed E-state index contributed by atoms with van der Waals surface area (Å²) in [6.07, 6.45) is 5.43. The second-order valence-electron chi connectivity index (χ2n) is 5.67. The number of nitrogens with zero attached hydrogens (tertiary/aromatic N) is 3. The van der Waals surface area contributed by atoms with Crippen molar-refractivity contribution in [3.63, 3.8) is 0 Å². The minimum absolute atomic E-state index is 0.0194. The molecule has 118 valence electrons. The van der Waals surface area contributed by atoms with Crippen molar-refractivity contribution in [1.29, 1.82) is 0 Å². The summed E-state index contributed by atoms with van der Waals surface area (Å²) >= 11 is 0. The maximum atomic E-state index is 12.0. The van der Waals surface area contributed by atoms with Crippen LogP contribution in [0.1, 0.15) is 30.5 Å². The fraction of sp³-hybridized carbons (Fsp3) is 0.733. The number of hydrogen-bond acceptors (Lipinski definition) is 4. The summed E-state index contributed by atoms with van der Waals surface area (Å²) in [5.74, 6) is -0.0194. The van der Waals surface area contributed by atoms with Crippen molar-refractivity contribution >= 4 is 5.91 Å². The van der Waals surface area contributed by atoms with Crippen LogP contribution in [0, 0.1) is 6.92 Å². The zero-order valence-electron chi connectivity index (χ0n) is 13.2. The lowest BCUT2D eigenvalue weighted by molar-refractivity contribution is -0.137. The molecule has 0 N–H and O–H groups in total. The highest BCUT2D eigenvalue weighted by Crippen LogP contribution is 2.13. The van der Waals surface area contributed by atoms with Crippen molar-refractivity contribution < 1.29 is 14.3 Å². The van der Waals surface area contributed by atoms with E-state index in [9.17, 15) is 4.79 Å². The van der Waals surface area contributed by atoms with Gasteiger partial charge in [0.25, 0.3) is 0 Å². The second-order valence-corrected chi connectivity index (χ2v) is 5.67. The summed E-state index contributed by atoms with van der Waals surface area (Å²) in [7, 11) is 3.67. The Bertz CT molecular complexity index is 467. The molecular weight excluding hydrogens is 270 g/mol. The highest BCUT2D eigenvalue weighted by atomic mass is 16.5. The van der Waals surface area contributed by atoms with Crippen molar-refractivity contribution in [2.24, 2.45) is 7.05 Å². The Hall–Kier alpha value is -1.40. The van der Waals surface area contributed by atoms with Gasteiger partial charge in [-0.15, -0.1) is 0 Å². The highest BCUT2D eigenvalue weighted by molar-refractivity contribution is 5.77. The van der Waals surface area contributed by atoms with Crippen LogP contribution < -0.4 is 0 Å². The van der Waals surface area contributed by atoms with E-state index in [0.29, 0.717) is 13.2 Å². The van der Waals surface area contributed by atoms with Crippen LogP contribution in [-0.4, -0.2) is 53.6 Å². The third kappa shape index (κ3) is 4.82. The molecule has 2 heterocycles. The Kier molecular flexibility index (Phi) is 5.76. The first-order valence-corrected chi connectivity index (χ1v) is 7.48. The summed E-state index contributed by atoms with van der Waals surface area (Å²) < 4.78 is 12.8. The van der Waals surface area contributed by atoms with Crippen LogP contribution in [0.4, 0.5) is 0 Å². The number of aromatic nitrogens is 2. The first kappa shape index (κ1) is 16.0. The predicted molar refractivity (Wildman–Crippen MR) is 78.8 cm³/mol. The molecule has 1 amide bonds. The zero-order valence-corrected chi connectivity index (χ0v) is 13.2. The molecule has 21 heavy (non-hydrogen) atoms. The van der Waals surface area contributed by atoms with E-state index in [4.69, 9.17) is 9.47 Å². The third-order valence-electron chi connectivity index (χ3n) is 3.75. The fourth-order valence-corrected chi connectivity index (χ4v) is 2.47. The van der Waals surface area contributed by atoms with Gasteiger partial charge in [-0.3, -0.25) is 9.48 Å². The monoisotopic (exact) mass is 295 g/mol. The molecule has 0 saturated carbocycles. The molecule has 1 saturated heterocycles. The minimum atomic E-state index is -0.0194. The molecule has 0 aliphatic carbocycles. The average Bonchev–Trinajstić information content (AvgIpc) is 2.78. The summed E-state index contributed by atoms with van der Waals surface area (Å²) in [5.41, 5.74) is 2.01. The molecule has 1 aromatic heterocycles. The minimum Gasteiger partial charge on any atom is -0.376 e. The fourth-order valence-electron chi connectivity index (χ4n) is 2.47. The average molecular weight is 295 g/mol. The van der Waals surface area contributed by atoms with Gasteiger partial charge in [0.2, 0.25) is 5.91 Å². The molecule has 0 aromatic carbocycles. The SMILES string of the molecule is Cc1nn(C)cc1CN(C)C(=O)COC[C@H]1CCCCO1. The van der Waals surface area contributed by atoms with Crippen LogP contribution in [0.25, 0.3) is 0 Å². The van der Waals surface area contributed by atoms with Gasteiger partial charge in [-0.1, -0.05) is 0 Å². The molecule has 1 fully saturated rings. The van der Waals surface area contributed by atoms with Gasteiger partial charge < -0.3 is 14.4 Å². The Labute approximate surface area is 126 Å². The largest absolute Gasteiger partial charge is 0.376 e. The van der Waals surface area contributed by atoms with E-state index < -0.39 is 0 Å². The van der Waals surface area contributed by atoms with Gasteiger partial charge in [0, 0.05) is 39.0 Å². The Balaban J connectivity index is 1.71. The maximum Gasteiger partial charge on any atom is 0.248 e. The standard InChI is InChI=1S/C15H25N3O3/c1-12-13(9-18(3)16-12)8-17(2)15(19)11-20-10-14-6-4-5-7-21-14/h9,14H,4-8,10-11H2,1-3H3/t14-/m1/s1. The van der Waals surface area contributed by atoms with E-state index in [2.05, 4.69) is 5.10 Å². The molecule has 1 atom stereocenters. The number of rotatable bonds is 6. The van der Waals surface area contributed by atoms with Crippen LogP contribution in [0.5, 0.6) is 0 Å². The van der Waals surface area contributed by atoms with Gasteiger partial charge in [0.15, 0.2) is 0 Å². The number of carbonyl (C=O) groups excluding carboxylic acids is 1. The number of carbonyl (C=O) groups is 1. The van der Waals surface area contributed by atoms with E-state index in [1.54, 1.807) is 16.6 Å². The smallest absolute Gasteiger partial charge is 0.248 e. The normalized spacial score (nSPS) is 18.7. The Morgan fingerprint density at radius 3 is 3.00 bits per heavy atom.